The van der Waals surface area contributed by atoms with Crippen molar-refractivity contribution in [1.82, 2.24) is 0 Å². The minimum Gasteiger partial charge on any atom is -0.110 e. The second-order valence-electron chi connectivity index (χ2n) is 5.66. The van der Waals surface area contributed by atoms with Gasteiger partial charge in [0.25, 0.3) is 0 Å². The van der Waals surface area contributed by atoms with E-state index in [9.17, 15) is 0 Å². The summed E-state index contributed by atoms with van der Waals surface area (Å²) < 4.78 is 0. The number of hydrogen-bond acceptors (Lipinski definition) is 0. The Kier molecular flexibility index (Phi) is 3.88. The van der Waals surface area contributed by atoms with Crippen molar-refractivity contribution in [3.63, 3.8) is 0 Å². The van der Waals surface area contributed by atoms with Gasteiger partial charge in [-0.2, -0.15) is 0 Å². The molecule has 2 fully saturated rings. The van der Waals surface area contributed by atoms with Crippen LogP contribution in [0.15, 0.2) is 0 Å². The summed E-state index contributed by atoms with van der Waals surface area (Å²) in [6.45, 7) is 4.93. The minimum atomic E-state index is 0.452. The van der Waals surface area contributed by atoms with E-state index in [2.05, 4.69) is 13.6 Å². The Balaban J connectivity index is 1.78. The molecule has 0 N–H and O–H groups in total. The lowest BCUT2D eigenvalue weighted by molar-refractivity contribution is 0.201. The van der Waals surface area contributed by atoms with Crippen LogP contribution in [0.25, 0.3) is 0 Å². The average molecular weight is 212 g/mol. The molecule has 0 unspecified atom stereocenters. The van der Waals surface area contributed by atoms with Gasteiger partial charge in [-0.05, 0) is 62.4 Å². The maximum atomic E-state index is 2.49. The zero-order chi connectivity index (χ0) is 9.97. The van der Waals surface area contributed by atoms with Crippen LogP contribution < -0.4 is 0 Å². The molecule has 1 aliphatic carbocycles. The Labute approximate surface area is 90.6 Å². The van der Waals surface area contributed by atoms with Gasteiger partial charge in [0, 0.05) is 0 Å². The van der Waals surface area contributed by atoms with Crippen molar-refractivity contribution in [3.05, 3.63) is 0 Å². The van der Waals surface area contributed by atoms with E-state index in [-0.39, 0.29) is 0 Å². The second-order valence-corrected chi connectivity index (χ2v) is 8.27. The molecule has 0 bridgehead atoms. The van der Waals surface area contributed by atoms with Crippen LogP contribution in [-0.2, 0) is 0 Å². The van der Waals surface area contributed by atoms with Crippen LogP contribution in [0.4, 0.5) is 0 Å². The summed E-state index contributed by atoms with van der Waals surface area (Å²) in [7, 11) is 0.452. The smallest absolute Gasteiger partial charge is 0.0326 e. The molecule has 1 heteroatoms. The van der Waals surface area contributed by atoms with E-state index in [1.807, 2.05) is 0 Å². The monoisotopic (exact) mass is 212 g/mol. The van der Waals surface area contributed by atoms with Crippen LogP contribution in [0.3, 0.4) is 0 Å². The molecule has 2 rings (SSSR count). The van der Waals surface area contributed by atoms with Crippen molar-refractivity contribution in [2.45, 2.75) is 45.4 Å². The highest BCUT2D eigenvalue weighted by atomic mass is 31.1. The van der Waals surface area contributed by atoms with E-state index in [4.69, 9.17) is 0 Å². The molecule has 14 heavy (non-hydrogen) atoms. The van der Waals surface area contributed by atoms with Crippen molar-refractivity contribution < 1.29 is 0 Å². The summed E-state index contributed by atoms with van der Waals surface area (Å²) in [5.41, 5.74) is 0. The van der Waals surface area contributed by atoms with Gasteiger partial charge in [-0.1, -0.05) is 19.8 Å². The first kappa shape index (κ1) is 10.9. The molecule has 1 heterocycles. The summed E-state index contributed by atoms with van der Waals surface area (Å²) in [4.78, 5) is 0. The Hall–Kier alpha value is 0.430. The van der Waals surface area contributed by atoms with Gasteiger partial charge in [0.1, 0.15) is 0 Å². The lowest BCUT2D eigenvalue weighted by Gasteiger charge is -2.36. The van der Waals surface area contributed by atoms with Gasteiger partial charge in [0.05, 0.1) is 0 Å². The SMILES string of the molecule is CC1CCC(C2CCP(C)CC2)CC1. The predicted octanol–water partition coefficient (Wildman–Crippen LogP) is 4.33. The first-order valence-corrected chi connectivity index (χ1v) is 8.60. The largest absolute Gasteiger partial charge is 0.110 e. The van der Waals surface area contributed by atoms with Crippen molar-refractivity contribution in [3.8, 4) is 0 Å². The van der Waals surface area contributed by atoms with E-state index >= 15 is 0 Å². The van der Waals surface area contributed by atoms with Crippen LogP contribution in [0.2, 0.25) is 0 Å². The van der Waals surface area contributed by atoms with Crippen molar-refractivity contribution in [2.75, 3.05) is 19.0 Å². The van der Waals surface area contributed by atoms with Crippen LogP contribution in [0.5, 0.6) is 0 Å². The summed E-state index contributed by atoms with van der Waals surface area (Å²) >= 11 is 0. The molecule has 0 aromatic rings. The van der Waals surface area contributed by atoms with Gasteiger partial charge in [0.15, 0.2) is 0 Å². The lowest BCUT2D eigenvalue weighted by atomic mass is 9.74. The normalized spacial score (nSPS) is 45.0. The Morgan fingerprint density at radius 2 is 1.29 bits per heavy atom. The van der Waals surface area contributed by atoms with Gasteiger partial charge >= 0.3 is 0 Å². The molecule has 0 nitrogen and oxygen atoms in total. The predicted molar refractivity (Wildman–Crippen MR) is 66.4 cm³/mol. The van der Waals surface area contributed by atoms with Crippen LogP contribution in [0.1, 0.15) is 45.4 Å². The van der Waals surface area contributed by atoms with Crippen molar-refractivity contribution in [1.29, 1.82) is 0 Å². The maximum absolute atomic E-state index is 2.49. The Bertz CT molecular complexity index is 142. The van der Waals surface area contributed by atoms with Crippen LogP contribution >= 0.6 is 7.92 Å². The van der Waals surface area contributed by atoms with E-state index in [0.29, 0.717) is 7.92 Å². The number of rotatable bonds is 1. The third-order valence-electron chi connectivity index (χ3n) is 4.49. The van der Waals surface area contributed by atoms with Gasteiger partial charge in [-0.15, -0.1) is 7.92 Å². The van der Waals surface area contributed by atoms with E-state index in [0.717, 1.165) is 17.8 Å². The quantitative estimate of drug-likeness (QED) is 0.567. The third-order valence-corrected chi connectivity index (χ3v) is 6.53. The van der Waals surface area contributed by atoms with Crippen LogP contribution in [-0.4, -0.2) is 19.0 Å². The highest BCUT2D eigenvalue weighted by Gasteiger charge is 2.28. The Morgan fingerprint density at radius 3 is 1.86 bits per heavy atom. The highest BCUT2D eigenvalue weighted by Crippen LogP contribution is 2.45. The highest BCUT2D eigenvalue weighted by molar-refractivity contribution is 7.56. The molecule has 0 radical (unpaired) electrons. The first-order chi connectivity index (χ1) is 6.75. The van der Waals surface area contributed by atoms with Crippen LogP contribution in [0, 0.1) is 17.8 Å². The Morgan fingerprint density at radius 1 is 0.786 bits per heavy atom. The fourth-order valence-electron chi connectivity index (χ4n) is 3.26. The molecular weight excluding hydrogens is 187 g/mol. The molecule has 1 saturated carbocycles. The standard InChI is InChI=1S/C13H25P/c1-11-3-5-12(6-4-11)13-7-9-14(2)10-8-13/h11-13H,3-10H2,1-2H3. The molecule has 0 atom stereocenters. The fourth-order valence-corrected chi connectivity index (χ4v) is 5.03. The second kappa shape index (κ2) is 4.97. The van der Waals surface area contributed by atoms with Gasteiger partial charge in [0.2, 0.25) is 0 Å². The van der Waals surface area contributed by atoms with E-state index in [1.54, 1.807) is 38.0 Å². The summed E-state index contributed by atoms with van der Waals surface area (Å²) in [5, 5.41) is 0. The molecule has 2 aliphatic rings. The lowest BCUT2D eigenvalue weighted by Crippen LogP contribution is -2.24. The molecule has 1 saturated heterocycles. The van der Waals surface area contributed by atoms with Crippen molar-refractivity contribution >= 4 is 7.92 Å². The molecule has 1 aliphatic heterocycles. The summed E-state index contributed by atoms with van der Waals surface area (Å²) in [5.74, 6) is 3.27. The topological polar surface area (TPSA) is 0 Å². The fraction of sp³-hybridized carbons (Fsp3) is 1.00. The number of hydrogen-bond donors (Lipinski definition) is 0. The molecule has 0 amide bonds. The molecule has 0 aromatic carbocycles. The maximum Gasteiger partial charge on any atom is -0.0326 e. The molecule has 0 aromatic heterocycles. The van der Waals surface area contributed by atoms with Crippen molar-refractivity contribution in [2.24, 2.45) is 17.8 Å². The summed E-state index contributed by atoms with van der Waals surface area (Å²) in [6, 6.07) is 0. The molecular formula is C13H25P. The average Bonchev–Trinajstić information content (AvgIpc) is 2.21. The van der Waals surface area contributed by atoms with E-state index < -0.39 is 0 Å². The summed E-state index contributed by atoms with van der Waals surface area (Å²) in [6.07, 6.45) is 12.4. The van der Waals surface area contributed by atoms with Gasteiger partial charge in [-0.25, -0.2) is 0 Å². The van der Waals surface area contributed by atoms with Gasteiger partial charge in [-0.3, -0.25) is 0 Å². The zero-order valence-electron chi connectivity index (χ0n) is 9.84. The minimum absolute atomic E-state index is 0.452. The zero-order valence-corrected chi connectivity index (χ0v) is 10.7. The third kappa shape index (κ3) is 2.72. The molecule has 82 valence electrons. The van der Waals surface area contributed by atoms with E-state index in [1.165, 1.54) is 12.8 Å². The molecule has 0 spiro atoms. The first-order valence-electron chi connectivity index (χ1n) is 6.44. The van der Waals surface area contributed by atoms with Gasteiger partial charge < -0.3 is 0 Å².